The zero-order valence-electron chi connectivity index (χ0n) is 10.7. The van der Waals surface area contributed by atoms with E-state index in [4.69, 9.17) is 4.74 Å². The number of nitrogens with one attached hydrogen (secondary N) is 1. The summed E-state index contributed by atoms with van der Waals surface area (Å²) in [5, 5.41) is 12.7. The fourth-order valence-electron chi connectivity index (χ4n) is 2.80. The first-order valence-electron chi connectivity index (χ1n) is 6.94. The van der Waals surface area contributed by atoms with Gasteiger partial charge in [-0.05, 0) is 55.5 Å². The van der Waals surface area contributed by atoms with Gasteiger partial charge >= 0.3 is 0 Å². The monoisotopic (exact) mass is 247 g/mol. The van der Waals surface area contributed by atoms with Crippen molar-refractivity contribution in [3.63, 3.8) is 0 Å². The summed E-state index contributed by atoms with van der Waals surface area (Å²) in [6, 6.07) is 6.54. The van der Waals surface area contributed by atoms with E-state index in [1.165, 1.54) is 11.1 Å². The molecule has 0 spiro atoms. The average Bonchev–Trinajstić information content (AvgIpc) is 2.79. The van der Waals surface area contributed by atoms with Crippen LogP contribution in [0.15, 0.2) is 18.2 Å². The lowest BCUT2D eigenvalue weighted by Crippen LogP contribution is -2.36. The van der Waals surface area contributed by atoms with E-state index in [9.17, 15) is 5.11 Å². The van der Waals surface area contributed by atoms with Crippen LogP contribution in [0.2, 0.25) is 0 Å². The van der Waals surface area contributed by atoms with E-state index in [0.717, 1.165) is 51.1 Å². The number of hydrogen-bond donors (Lipinski definition) is 2. The molecule has 0 radical (unpaired) electrons. The molecular weight excluding hydrogens is 226 g/mol. The second-order valence-electron chi connectivity index (χ2n) is 5.49. The molecule has 1 heterocycles. The normalized spacial score (nSPS) is 25.4. The summed E-state index contributed by atoms with van der Waals surface area (Å²) < 4.78 is 5.50. The van der Waals surface area contributed by atoms with Gasteiger partial charge in [0.2, 0.25) is 0 Å². The van der Waals surface area contributed by atoms with Crippen molar-refractivity contribution in [1.82, 2.24) is 5.32 Å². The second kappa shape index (κ2) is 5.29. The predicted molar refractivity (Wildman–Crippen MR) is 70.9 cm³/mol. The maximum absolute atomic E-state index is 9.20. The van der Waals surface area contributed by atoms with Crippen LogP contribution in [-0.2, 0) is 12.8 Å². The molecule has 1 aliphatic carbocycles. The standard InChI is InChI=1S/C15H21NO2/c17-14-8-12(9-14)10-16-5-3-11-1-2-15-13(7-11)4-6-18-15/h1-2,7,12,14,16-17H,3-6,8-10H2. The molecule has 0 bridgehead atoms. The number of rotatable bonds is 5. The number of aliphatic hydroxyl groups is 1. The highest BCUT2D eigenvalue weighted by Crippen LogP contribution is 2.27. The first-order valence-corrected chi connectivity index (χ1v) is 6.94. The Balaban J connectivity index is 1.40. The molecule has 98 valence electrons. The lowest BCUT2D eigenvalue weighted by molar-refractivity contribution is 0.0432. The van der Waals surface area contributed by atoms with E-state index >= 15 is 0 Å². The van der Waals surface area contributed by atoms with Crippen LogP contribution in [0.1, 0.15) is 24.0 Å². The summed E-state index contributed by atoms with van der Waals surface area (Å²) in [4.78, 5) is 0. The van der Waals surface area contributed by atoms with E-state index in [-0.39, 0.29) is 6.10 Å². The van der Waals surface area contributed by atoms with E-state index in [1.54, 1.807) is 0 Å². The molecular formula is C15H21NO2. The van der Waals surface area contributed by atoms with Crippen LogP contribution in [0, 0.1) is 5.92 Å². The van der Waals surface area contributed by atoms with Gasteiger partial charge in [0.1, 0.15) is 5.75 Å². The Hall–Kier alpha value is -1.06. The minimum absolute atomic E-state index is 0.0338. The molecule has 3 heteroatoms. The van der Waals surface area contributed by atoms with Crippen molar-refractivity contribution in [3.05, 3.63) is 29.3 Å². The third kappa shape index (κ3) is 2.68. The zero-order chi connectivity index (χ0) is 12.4. The summed E-state index contributed by atoms with van der Waals surface area (Å²) in [6.45, 7) is 2.90. The molecule has 1 aromatic rings. The summed E-state index contributed by atoms with van der Waals surface area (Å²) in [7, 11) is 0. The molecule has 3 rings (SSSR count). The molecule has 0 saturated heterocycles. The largest absolute Gasteiger partial charge is 0.493 e. The van der Waals surface area contributed by atoms with Crippen LogP contribution in [0.4, 0.5) is 0 Å². The second-order valence-corrected chi connectivity index (χ2v) is 5.49. The Kier molecular flexibility index (Phi) is 3.52. The van der Waals surface area contributed by atoms with Crippen LogP contribution in [-0.4, -0.2) is 30.9 Å². The smallest absolute Gasteiger partial charge is 0.122 e. The van der Waals surface area contributed by atoms with Gasteiger partial charge < -0.3 is 15.2 Å². The van der Waals surface area contributed by atoms with E-state index in [1.807, 2.05) is 0 Å². The maximum atomic E-state index is 9.20. The quantitative estimate of drug-likeness (QED) is 0.775. The Bertz CT molecular complexity index is 413. The molecule has 0 aromatic heterocycles. The summed E-state index contributed by atoms with van der Waals surface area (Å²) >= 11 is 0. The molecule has 1 fully saturated rings. The fraction of sp³-hybridized carbons (Fsp3) is 0.600. The SMILES string of the molecule is OC1CC(CNCCc2ccc3c(c2)CCO3)C1. The third-order valence-electron chi connectivity index (χ3n) is 3.99. The lowest BCUT2D eigenvalue weighted by atomic mass is 9.82. The highest BCUT2D eigenvalue weighted by molar-refractivity contribution is 5.39. The van der Waals surface area contributed by atoms with Crippen molar-refractivity contribution in [2.45, 2.75) is 31.8 Å². The fourth-order valence-corrected chi connectivity index (χ4v) is 2.80. The number of ether oxygens (including phenoxy) is 1. The molecule has 1 saturated carbocycles. The van der Waals surface area contributed by atoms with Gasteiger partial charge in [-0.3, -0.25) is 0 Å². The van der Waals surface area contributed by atoms with Gasteiger partial charge in [-0.25, -0.2) is 0 Å². The van der Waals surface area contributed by atoms with Crippen LogP contribution in [0.25, 0.3) is 0 Å². The van der Waals surface area contributed by atoms with Crippen LogP contribution < -0.4 is 10.1 Å². The van der Waals surface area contributed by atoms with Crippen molar-refractivity contribution in [1.29, 1.82) is 0 Å². The number of benzene rings is 1. The van der Waals surface area contributed by atoms with Crippen molar-refractivity contribution in [2.75, 3.05) is 19.7 Å². The highest BCUT2D eigenvalue weighted by atomic mass is 16.5. The van der Waals surface area contributed by atoms with Gasteiger partial charge in [0.15, 0.2) is 0 Å². The van der Waals surface area contributed by atoms with Crippen molar-refractivity contribution in [3.8, 4) is 5.75 Å². The zero-order valence-corrected chi connectivity index (χ0v) is 10.7. The summed E-state index contributed by atoms with van der Waals surface area (Å²) in [5.41, 5.74) is 2.75. The van der Waals surface area contributed by atoms with Crippen molar-refractivity contribution >= 4 is 0 Å². The summed E-state index contributed by atoms with van der Waals surface area (Å²) in [5.74, 6) is 1.75. The molecule has 0 atom stereocenters. The molecule has 1 aromatic carbocycles. The minimum Gasteiger partial charge on any atom is -0.493 e. The molecule has 0 amide bonds. The van der Waals surface area contributed by atoms with Gasteiger partial charge in [0.05, 0.1) is 12.7 Å². The predicted octanol–water partition coefficient (Wildman–Crippen LogP) is 1.52. The molecule has 0 unspecified atom stereocenters. The van der Waals surface area contributed by atoms with E-state index in [0.29, 0.717) is 5.92 Å². The number of fused-ring (bicyclic) bond motifs is 1. The highest BCUT2D eigenvalue weighted by Gasteiger charge is 2.26. The van der Waals surface area contributed by atoms with Gasteiger partial charge in [-0.2, -0.15) is 0 Å². The van der Waals surface area contributed by atoms with Crippen LogP contribution >= 0.6 is 0 Å². The first kappa shape index (κ1) is 12.0. The molecule has 3 nitrogen and oxygen atoms in total. The van der Waals surface area contributed by atoms with Gasteiger partial charge in [0, 0.05) is 6.42 Å². The Morgan fingerprint density at radius 1 is 1.33 bits per heavy atom. The minimum atomic E-state index is -0.0338. The van der Waals surface area contributed by atoms with Gasteiger partial charge in [-0.15, -0.1) is 0 Å². The Morgan fingerprint density at radius 2 is 2.22 bits per heavy atom. The van der Waals surface area contributed by atoms with Gasteiger partial charge in [-0.1, -0.05) is 12.1 Å². The molecule has 2 N–H and O–H groups in total. The van der Waals surface area contributed by atoms with E-state index in [2.05, 4.69) is 23.5 Å². The Morgan fingerprint density at radius 3 is 3.06 bits per heavy atom. The van der Waals surface area contributed by atoms with Crippen molar-refractivity contribution in [2.24, 2.45) is 5.92 Å². The van der Waals surface area contributed by atoms with Crippen LogP contribution in [0.5, 0.6) is 5.75 Å². The van der Waals surface area contributed by atoms with Crippen LogP contribution in [0.3, 0.4) is 0 Å². The molecule has 18 heavy (non-hydrogen) atoms. The third-order valence-corrected chi connectivity index (χ3v) is 3.99. The summed E-state index contributed by atoms with van der Waals surface area (Å²) in [6.07, 6.45) is 4.04. The lowest BCUT2D eigenvalue weighted by Gasteiger charge is -2.31. The number of aliphatic hydroxyl groups excluding tert-OH is 1. The average molecular weight is 247 g/mol. The Labute approximate surface area is 108 Å². The molecule has 2 aliphatic rings. The van der Waals surface area contributed by atoms with E-state index < -0.39 is 0 Å². The van der Waals surface area contributed by atoms with Gasteiger partial charge in [0.25, 0.3) is 0 Å². The molecule has 1 aliphatic heterocycles. The maximum Gasteiger partial charge on any atom is 0.122 e. The number of hydrogen-bond acceptors (Lipinski definition) is 3. The first-order chi connectivity index (χ1) is 8.81. The topological polar surface area (TPSA) is 41.5 Å². The van der Waals surface area contributed by atoms with Crippen molar-refractivity contribution < 1.29 is 9.84 Å².